The molecule has 5 aliphatic rings. The number of hydrogen-bond acceptors (Lipinski definition) is 5. The van der Waals surface area contributed by atoms with Gasteiger partial charge >= 0.3 is 0 Å². The highest BCUT2D eigenvalue weighted by atomic mass is 16.5. The zero-order valence-corrected chi connectivity index (χ0v) is 23.4. The maximum Gasteiger partial charge on any atom is 0.249 e. The first kappa shape index (κ1) is 27.2. The molecule has 1 aromatic rings. The van der Waals surface area contributed by atoms with Gasteiger partial charge in [0.05, 0.1) is 17.4 Å². The van der Waals surface area contributed by atoms with Crippen molar-refractivity contribution in [3.05, 3.63) is 60.2 Å². The van der Waals surface area contributed by atoms with E-state index in [1.807, 2.05) is 71.4 Å². The Bertz CT molecular complexity index is 1190. The van der Waals surface area contributed by atoms with E-state index in [1.165, 1.54) is 6.42 Å². The molecule has 4 aliphatic heterocycles. The summed E-state index contributed by atoms with van der Waals surface area (Å²) in [5, 5.41) is 9.66. The molecule has 0 radical (unpaired) electrons. The highest BCUT2D eigenvalue weighted by molar-refractivity contribution is 6.00. The second kappa shape index (κ2) is 10.8. The molecule has 0 bridgehead atoms. The Morgan fingerprint density at radius 2 is 1.68 bits per heavy atom. The van der Waals surface area contributed by atoms with E-state index in [9.17, 15) is 19.5 Å². The maximum absolute atomic E-state index is 14.5. The van der Waals surface area contributed by atoms with Crippen molar-refractivity contribution in [2.24, 2.45) is 11.8 Å². The zero-order valence-electron chi connectivity index (χ0n) is 23.4. The van der Waals surface area contributed by atoms with E-state index in [4.69, 9.17) is 4.74 Å². The topological polar surface area (TPSA) is 90.4 Å². The van der Waals surface area contributed by atoms with Gasteiger partial charge in [-0.05, 0) is 31.2 Å². The molecule has 40 heavy (non-hydrogen) atoms. The summed E-state index contributed by atoms with van der Waals surface area (Å²) >= 11 is 0. The highest BCUT2D eigenvalue weighted by Crippen LogP contribution is 2.58. The van der Waals surface area contributed by atoms with Crippen molar-refractivity contribution in [2.75, 3.05) is 26.2 Å². The minimum Gasteiger partial charge on any atom is -0.396 e. The van der Waals surface area contributed by atoms with Crippen LogP contribution in [0.15, 0.2) is 54.6 Å². The summed E-state index contributed by atoms with van der Waals surface area (Å²) in [6.07, 6.45) is 14.1. The van der Waals surface area contributed by atoms with Gasteiger partial charge in [-0.1, -0.05) is 80.8 Å². The van der Waals surface area contributed by atoms with Crippen molar-refractivity contribution in [1.29, 1.82) is 0 Å². The average molecular weight is 548 g/mol. The van der Waals surface area contributed by atoms with Crippen LogP contribution in [0.4, 0.5) is 0 Å². The molecule has 4 heterocycles. The van der Waals surface area contributed by atoms with Gasteiger partial charge in [-0.3, -0.25) is 14.4 Å². The summed E-state index contributed by atoms with van der Waals surface area (Å²) in [5.41, 5.74) is -1.19. The summed E-state index contributed by atoms with van der Waals surface area (Å²) in [5.74, 6) is -1.97. The lowest BCUT2D eigenvalue weighted by Crippen LogP contribution is -2.58. The molecule has 1 unspecified atom stereocenters. The third kappa shape index (κ3) is 4.22. The molecule has 8 nitrogen and oxygen atoms in total. The molecule has 6 rings (SSSR count). The Balaban J connectivity index is 1.42. The Hall–Kier alpha value is -2.97. The van der Waals surface area contributed by atoms with Crippen molar-refractivity contribution in [1.82, 2.24) is 14.7 Å². The van der Waals surface area contributed by atoms with Crippen molar-refractivity contribution in [3.63, 3.8) is 0 Å². The standard InChI is InChI=1S/C32H41N3O5/c1-2-31-16-9-18-33(22-23-12-5-3-6-13-23)28(37)25(31)26-29(38)35(20-11-21-36)27-30(39)34(24-14-7-4-8-15-24)19-10-17-32(26,27)40-31/h3,5-6,9-10,12-13,16-17,24-27,36H,2,4,7-8,11,14-15,18-22H2,1H3/t25-,26-,27?,31+,32-/m0/s1. The molecule has 1 spiro atoms. The number of rotatable bonds is 7. The molecular formula is C32H41N3O5. The Labute approximate surface area is 236 Å². The van der Waals surface area contributed by atoms with E-state index in [-0.39, 0.29) is 36.9 Å². The monoisotopic (exact) mass is 547 g/mol. The summed E-state index contributed by atoms with van der Waals surface area (Å²) in [7, 11) is 0. The summed E-state index contributed by atoms with van der Waals surface area (Å²) < 4.78 is 7.04. The number of ether oxygens (including phenoxy) is 1. The van der Waals surface area contributed by atoms with Crippen LogP contribution in [-0.2, 0) is 25.7 Å². The summed E-state index contributed by atoms with van der Waals surface area (Å²) in [6, 6.07) is 9.17. The van der Waals surface area contributed by atoms with Crippen LogP contribution in [0, 0.1) is 11.8 Å². The van der Waals surface area contributed by atoms with Crippen LogP contribution in [0.1, 0.15) is 57.4 Å². The molecular weight excluding hydrogens is 506 g/mol. The quantitative estimate of drug-likeness (QED) is 0.530. The van der Waals surface area contributed by atoms with Crippen LogP contribution in [0.25, 0.3) is 0 Å². The predicted octanol–water partition coefficient (Wildman–Crippen LogP) is 3.06. The molecule has 0 aromatic heterocycles. The van der Waals surface area contributed by atoms with Gasteiger partial charge in [0, 0.05) is 38.8 Å². The van der Waals surface area contributed by atoms with E-state index in [2.05, 4.69) is 0 Å². The van der Waals surface area contributed by atoms with Crippen LogP contribution in [0.2, 0.25) is 0 Å². The highest BCUT2D eigenvalue weighted by Gasteiger charge is 2.75. The van der Waals surface area contributed by atoms with E-state index in [0.29, 0.717) is 32.5 Å². The number of aliphatic hydroxyl groups excluding tert-OH is 1. The molecule has 2 saturated heterocycles. The molecule has 1 saturated carbocycles. The lowest BCUT2D eigenvalue weighted by atomic mass is 9.73. The van der Waals surface area contributed by atoms with Crippen LogP contribution in [0.5, 0.6) is 0 Å². The Morgan fingerprint density at radius 3 is 2.40 bits per heavy atom. The molecule has 1 aliphatic carbocycles. The van der Waals surface area contributed by atoms with E-state index < -0.39 is 29.1 Å². The van der Waals surface area contributed by atoms with Gasteiger partial charge in [-0.2, -0.15) is 0 Å². The molecule has 3 amide bonds. The van der Waals surface area contributed by atoms with Crippen LogP contribution in [0.3, 0.4) is 0 Å². The van der Waals surface area contributed by atoms with Gasteiger partial charge in [0.15, 0.2) is 0 Å². The summed E-state index contributed by atoms with van der Waals surface area (Å²) in [4.78, 5) is 48.7. The smallest absolute Gasteiger partial charge is 0.249 e. The number of hydrogen-bond donors (Lipinski definition) is 1. The Morgan fingerprint density at radius 1 is 0.925 bits per heavy atom. The summed E-state index contributed by atoms with van der Waals surface area (Å²) in [6.45, 7) is 3.52. The minimum atomic E-state index is -1.23. The molecule has 8 heteroatoms. The lowest BCUT2D eigenvalue weighted by Gasteiger charge is -2.40. The van der Waals surface area contributed by atoms with Crippen LogP contribution >= 0.6 is 0 Å². The number of amides is 3. The largest absolute Gasteiger partial charge is 0.396 e. The fraction of sp³-hybridized carbons (Fsp3) is 0.594. The fourth-order valence-electron chi connectivity index (χ4n) is 7.98. The second-order valence-corrected chi connectivity index (χ2v) is 12.0. The second-order valence-electron chi connectivity index (χ2n) is 12.0. The lowest BCUT2D eigenvalue weighted by molar-refractivity contribution is -0.155. The number of nitrogens with zero attached hydrogens (tertiary/aromatic N) is 3. The molecule has 3 fully saturated rings. The van der Waals surface area contributed by atoms with E-state index in [1.54, 1.807) is 4.90 Å². The van der Waals surface area contributed by atoms with Crippen LogP contribution in [-0.4, -0.2) is 87.1 Å². The number of aliphatic hydroxyl groups is 1. The number of carbonyl (C=O) groups excluding carboxylic acids is 3. The number of likely N-dealkylation sites (tertiary alicyclic amines) is 1. The minimum absolute atomic E-state index is 0.0831. The molecule has 1 aromatic carbocycles. The Kier molecular flexibility index (Phi) is 7.34. The number of carbonyl (C=O) groups is 3. The van der Waals surface area contributed by atoms with E-state index in [0.717, 1.165) is 31.2 Å². The van der Waals surface area contributed by atoms with Crippen LogP contribution < -0.4 is 0 Å². The number of benzene rings is 1. The van der Waals surface area contributed by atoms with Gasteiger partial charge in [-0.15, -0.1) is 0 Å². The first-order chi connectivity index (χ1) is 19.5. The SMILES string of the molecule is CC[C@@]12C=CCN(Cc3ccccc3)C(=O)[C@@H]1[C@H]1C(=O)N(CCCO)C3C(=O)N(C4CCCCC4)CC=C[C@@]31O2. The molecule has 1 N–H and O–H groups in total. The number of fused-ring (bicyclic) bond motifs is 2. The first-order valence-electron chi connectivity index (χ1n) is 15.1. The van der Waals surface area contributed by atoms with Crippen molar-refractivity contribution < 1.29 is 24.2 Å². The van der Waals surface area contributed by atoms with Gasteiger partial charge in [-0.25, -0.2) is 0 Å². The van der Waals surface area contributed by atoms with Crippen molar-refractivity contribution in [3.8, 4) is 0 Å². The zero-order chi connectivity index (χ0) is 27.9. The molecule has 5 atom stereocenters. The van der Waals surface area contributed by atoms with Gasteiger partial charge < -0.3 is 24.5 Å². The third-order valence-corrected chi connectivity index (χ3v) is 9.84. The normalized spacial score (nSPS) is 34.1. The predicted molar refractivity (Wildman–Crippen MR) is 150 cm³/mol. The van der Waals surface area contributed by atoms with Crippen molar-refractivity contribution >= 4 is 17.7 Å². The maximum atomic E-state index is 14.5. The van der Waals surface area contributed by atoms with Gasteiger partial charge in [0.2, 0.25) is 17.7 Å². The fourth-order valence-corrected chi connectivity index (χ4v) is 7.98. The average Bonchev–Trinajstić information content (AvgIpc) is 3.27. The third-order valence-electron chi connectivity index (χ3n) is 9.84. The van der Waals surface area contributed by atoms with Gasteiger partial charge in [0.25, 0.3) is 0 Å². The molecule has 214 valence electrons. The van der Waals surface area contributed by atoms with Crippen molar-refractivity contribution in [2.45, 2.75) is 81.7 Å². The van der Waals surface area contributed by atoms with Gasteiger partial charge in [0.1, 0.15) is 11.6 Å². The van der Waals surface area contributed by atoms with E-state index >= 15 is 0 Å². The first-order valence-corrected chi connectivity index (χ1v) is 15.1.